The first kappa shape index (κ1) is 13.4. The molecule has 3 nitrogen and oxygen atoms in total. The van der Waals surface area contributed by atoms with E-state index in [9.17, 15) is 0 Å². The number of ether oxygens (including phenoxy) is 1. The monoisotopic (exact) mass is 288 g/mol. The summed E-state index contributed by atoms with van der Waals surface area (Å²) in [6, 6.07) is 13.8. The number of aryl methyl sites for hydroxylation is 1. The predicted molar refractivity (Wildman–Crippen MR) is 80.9 cm³/mol. The van der Waals surface area contributed by atoms with Gasteiger partial charge in [-0.25, -0.2) is 5.43 Å². The summed E-state index contributed by atoms with van der Waals surface area (Å²) in [5, 5.41) is 0.698. The van der Waals surface area contributed by atoms with Gasteiger partial charge in [0.25, 0.3) is 0 Å². The lowest BCUT2D eigenvalue weighted by atomic mass is 9.94. The summed E-state index contributed by atoms with van der Waals surface area (Å²) in [7, 11) is 0. The van der Waals surface area contributed by atoms with Gasteiger partial charge >= 0.3 is 0 Å². The minimum atomic E-state index is -0.170. The maximum atomic E-state index is 6.29. The summed E-state index contributed by atoms with van der Waals surface area (Å²) in [5.74, 6) is 6.72. The van der Waals surface area contributed by atoms with Gasteiger partial charge < -0.3 is 4.74 Å². The zero-order chi connectivity index (χ0) is 13.9. The Balaban J connectivity index is 2.09. The summed E-state index contributed by atoms with van der Waals surface area (Å²) in [6.45, 7) is 0.754. The van der Waals surface area contributed by atoms with E-state index in [2.05, 4.69) is 11.5 Å². The van der Waals surface area contributed by atoms with Crippen LogP contribution in [0.15, 0.2) is 42.5 Å². The fourth-order valence-corrected chi connectivity index (χ4v) is 2.94. The van der Waals surface area contributed by atoms with E-state index in [-0.39, 0.29) is 6.04 Å². The van der Waals surface area contributed by atoms with Gasteiger partial charge in [0.05, 0.1) is 12.6 Å². The van der Waals surface area contributed by atoms with Gasteiger partial charge in [0.2, 0.25) is 0 Å². The maximum absolute atomic E-state index is 6.29. The molecular formula is C16H17ClN2O. The summed E-state index contributed by atoms with van der Waals surface area (Å²) < 4.78 is 5.86. The van der Waals surface area contributed by atoms with Crippen molar-refractivity contribution in [3.63, 3.8) is 0 Å². The van der Waals surface area contributed by atoms with Crippen LogP contribution in [0.25, 0.3) is 0 Å². The first-order valence-electron chi connectivity index (χ1n) is 6.76. The van der Waals surface area contributed by atoms with E-state index < -0.39 is 0 Å². The zero-order valence-electron chi connectivity index (χ0n) is 11.1. The molecule has 104 valence electrons. The van der Waals surface area contributed by atoms with E-state index in [1.54, 1.807) is 0 Å². The Hall–Kier alpha value is -1.55. The molecule has 1 heterocycles. The van der Waals surface area contributed by atoms with Crippen molar-refractivity contribution in [3.8, 4) is 5.75 Å². The van der Waals surface area contributed by atoms with Crippen LogP contribution in [0.3, 0.4) is 0 Å². The zero-order valence-corrected chi connectivity index (χ0v) is 11.9. The van der Waals surface area contributed by atoms with E-state index in [0.29, 0.717) is 5.02 Å². The molecule has 1 aliphatic rings. The van der Waals surface area contributed by atoms with Crippen LogP contribution in [0.1, 0.15) is 29.2 Å². The van der Waals surface area contributed by atoms with Crippen molar-refractivity contribution in [3.05, 3.63) is 64.2 Å². The molecule has 4 heteroatoms. The van der Waals surface area contributed by atoms with Crippen molar-refractivity contribution in [1.29, 1.82) is 0 Å². The second-order valence-electron chi connectivity index (χ2n) is 4.91. The van der Waals surface area contributed by atoms with Gasteiger partial charge in [-0.15, -0.1) is 0 Å². The maximum Gasteiger partial charge on any atom is 0.127 e. The molecule has 0 amide bonds. The van der Waals surface area contributed by atoms with E-state index in [1.807, 2.05) is 36.4 Å². The highest BCUT2D eigenvalue weighted by molar-refractivity contribution is 6.31. The topological polar surface area (TPSA) is 47.3 Å². The number of fused-ring (bicyclic) bond motifs is 1. The molecule has 1 atom stereocenters. The smallest absolute Gasteiger partial charge is 0.127 e. The van der Waals surface area contributed by atoms with E-state index in [0.717, 1.165) is 36.3 Å². The molecule has 3 rings (SSSR count). The van der Waals surface area contributed by atoms with Crippen molar-refractivity contribution >= 4 is 11.6 Å². The van der Waals surface area contributed by atoms with Gasteiger partial charge in [0.1, 0.15) is 5.75 Å². The molecule has 0 spiro atoms. The molecule has 0 aliphatic carbocycles. The molecule has 1 unspecified atom stereocenters. The van der Waals surface area contributed by atoms with Gasteiger partial charge in [0.15, 0.2) is 0 Å². The predicted octanol–water partition coefficient (Wildman–Crippen LogP) is 3.22. The highest BCUT2D eigenvalue weighted by Crippen LogP contribution is 2.37. The third kappa shape index (κ3) is 2.40. The Morgan fingerprint density at radius 1 is 1.10 bits per heavy atom. The van der Waals surface area contributed by atoms with Gasteiger partial charge in [-0.05, 0) is 30.0 Å². The van der Waals surface area contributed by atoms with Crippen molar-refractivity contribution in [2.24, 2.45) is 5.84 Å². The van der Waals surface area contributed by atoms with E-state index in [4.69, 9.17) is 22.2 Å². The number of nitrogens with one attached hydrogen (secondary N) is 1. The highest BCUT2D eigenvalue weighted by Gasteiger charge is 2.22. The summed E-state index contributed by atoms with van der Waals surface area (Å²) >= 11 is 6.29. The largest absolute Gasteiger partial charge is 0.493 e. The highest BCUT2D eigenvalue weighted by atomic mass is 35.5. The SMILES string of the molecule is NNC(c1ccccc1Cl)c1cccc2c1OCCC2. The van der Waals surface area contributed by atoms with Crippen LogP contribution < -0.4 is 16.0 Å². The van der Waals surface area contributed by atoms with E-state index >= 15 is 0 Å². The van der Waals surface area contributed by atoms with Crippen LogP contribution >= 0.6 is 11.6 Å². The van der Waals surface area contributed by atoms with Crippen molar-refractivity contribution in [2.45, 2.75) is 18.9 Å². The van der Waals surface area contributed by atoms with Crippen LogP contribution in [-0.4, -0.2) is 6.61 Å². The minimum absolute atomic E-state index is 0.170. The number of halogens is 1. The molecule has 0 aromatic heterocycles. The number of nitrogens with two attached hydrogens (primary N) is 1. The third-order valence-corrected chi connectivity index (χ3v) is 4.00. The van der Waals surface area contributed by atoms with Crippen LogP contribution in [0, 0.1) is 0 Å². The number of hydrogen-bond acceptors (Lipinski definition) is 3. The molecule has 0 saturated heterocycles. The standard InChI is InChI=1S/C16H17ClN2O/c17-14-9-2-1-7-12(14)15(19-18)13-8-3-5-11-6-4-10-20-16(11)13/h1-3,5,7-9,15,19H,4,6,10,18H2. The Bertz CT molecular complexity index is 615. The third-order valence-electron chi connectivity index (χ3n) is 3.66. The number of benzene rings is 2. The first-order chi connectivity index (χ1) is 9.81. The Morgan fingerprint density at radius 2 is 1.90 bits per heavy atom. The van der Waals surface area contributed by atoms with Crippen LogP contribution in [-0.2, 0) is 6.42 Å². The van der Waals surface area contributed by atoms with Crippen LogP contribution in [0.2, 0.25) is 5.02 Å². The number of rotatable bonds is 3. The number of para-hydroxylation sites is 1. The lowest BCUT2D eigenvalue weighted by Crippen LogP contribution is -2.30. The molecule has 2 aromatic rings. The molecule has 0 saturated carbocycles. The minimum Gasteiger partial charge on any atom is -0.493 e. The molecule has 0 fully saturated rings. The quantitative estimate of drug-likeness (QED) is 0.673. The number of hydrogen-bond donors (Lipinski definition) is 2. The summed E-state index contributed by atoms with van der Waals surface area (Å²) in [4.78, 5) is 0. The Labute approximate surface area is 123 Å². The molecule has 1 aliphatic heterocycles. The van der Waals surface area contributed by atoms with Gasteiger partial charge in [-0.1, -0.05) is 48.0 Å². The lowest BCUT2D eigenvalue weighted by Gasteiger charge is -2.25. The van der Waals surface area contributed by atoms with Gasteiger partial charge in [-0.2, -0.15) is 0 Å². The molecule has 3 N–H and O–H groups in total. The number of hydrazine groups is 1. The first-order valence-corrected chi connectivity index (χ1v) is 7.14. The van der Waals surface area contributed by atoms with E-state index in [1.165, 1.54) is 5.56 Å². The average molecular weight is 289 g/mol. The van der Waals surface area contributed by atoms with Crippen molar-refractivity contribution in [1.82, 2.24) is 5.43 Å². The second-order valence-corrected chi connectivity index (χ2v) is 5.32. The second kappa shape index (κ2) is 5.83. The van der Waals surface area contributed by atoms with Crippen LogP contribution in [0.4, 0.5) is 0 Å². The molecule has 20 heavy (non-hydrogen) atoms. The van der Waals surface area contributed by atoms with Gasteiger partial charge in [-0.3, -0.25) is 5.84 Å². The molecular weight excluding hydrogens is 272 g/mol. The van der Waals surface area contributed by atoms with Crippen molar-refractivity contribution in [2.75, 3.05) is 6.61 Å². The van der Waals surface area contributed by atoms with Gasteiger partial charge in [0, 0.05) is 10.6 Å². The molecule has 2 aromatic carbocycles. The average Bonchev–Trinajstić information content (AvgIpc) is 2.50. The Morgan fingerprint density at radius 3 is 2.70 bits per heavy atom. The Kier molecular flexibility index (Phi) is 3.92. The summed E-state index contributed by atoms with van der Waals surface area (Å²) in [6.07, 6.45) is 2.10. The fourth-order valence-electron chi connectivity index (χ4n) is 2.70. The fraction of sp³-hybridized carbons (Fsp3) is 0.250. The van der Waals surface area contributed by atoms with Crippen LogP contribution in [0.5, 0.6) is 5.75 Å². The normalized spacial score (nSPS) is 15.3. The molecule has 0 bridgehead atoms. The van der Waals surface area contributed by atoms with Crippen molar-refractivity contribution < 1.29 is 4.74 Å². The summed E-state index contributed by atoms with van der Waals surface area (Å²) in [5.41, 5.74) is 6.10. The lowest BCUT2D eigenvalue weighted by molar-refractivity contribution is 0.283. The molecule has 0 radical (unpaired) electrons.